The predicted molar refractivity (Wildman–Crippen MR) is 57.9 cm³/mol. The molecule has 0 radical (unpaired) electrons. The van der Waals surface area contributed by atoms with E-state index in [1.165, 1.54) is 11.3 Å². The van der Waals surface area contributed by atoms with Crippen molar-refractivity contribution < 1.29 is 9.53 Å². The van der Waals surface area contributed by atoms with Gasteiger partial charge in [-0.1, -0.05) is 18.3 Å². The summed E-state index contributed by atoms with van der Waals surface area (Å²) in [4.78, 5) is 11.3. The Labute approximate surface area is 90.0 Å². The Balaban J connectivity index is 2.89. The van der Waals surface area contributed by atoms with E-state index >= 15 is 0 Å². The van der Waals surface area contributed by atoms with Gasteiger partial charge in [0.15, 0.2) is 11.3 Å². The molecule has 4 heteroatoms. The Kier molecular flexibility index (Phi) is 3.93. The van der Waals surface area contributed by atoms with E-state index < -0.39 is 0 Å². The summed E-state index contributed by atoms with van der Waals surface area (Å²) in [6.07, 6.45) is 1.84. The van der Waals surface area contributed by atoms with Gasteiger partial charge in [0.25, 0.3) is 0 Å². The van der Waals surface area contributed by atoms with Crippen molar-refractivity contribution in [1.29, 1.82) is 0 Å². The third-order valence-corrected chi connectivity index (χ3v) is 3.97. The molecule has 1 aromatic rings. The van der Waals surface area contributed by atoms with Gasteiger partial charge >= 0.3 is 0 Å². The minimum Gasteiger partial charge on any atom is -0.483 e. The molecular formula is C9H11BrO2S. The zero-order valence-corrected chi connectivity index (χ0v) is 10.00. The van der Waals surface area contributed by atoms with Crippen LogP contribution in [-0.2, 0) is 0 Å². The van der Waals surface area contributed by atoms with Crippen molar-refractivity contribution in [2.45, 2.75) is 20.3 Å². The third-order valence-electron chi connectivity index (χ3n) is 1.63. The number of hydrogen-bond donors (Lipinski definition) is 0. The van der Waals surface area contributed by atoms with E-state index in [2.05, 4.69) is 22.9 Å². The minimum atomic E-state index is 0.691. The first-order valence-electron chi connectivity index (χ1n) is 4.07. The predicted octanol–water partition coefficient (Wildman–Crippen LogP) is 3.42. The van der Waals surface area contributed by atoms with Gasteiger partial charge in [0, 0.05) is 0 Å². The molecule has 72 valence electrons. The number of aldehydes is 1. The molecular weight excluding hydrogens is 252 g/mol. The average molecular weight is 263 g/mol. The van der Waals surface area contributed by atoms with Gasteiger partial charge in [-0.15, -0.1) is 0 Å². The van der Waals surface area contributed by atoms with Crippen LogP contribution in [0.15, 0.2) is 4.47 Å². The van der Waals surface area contributed by atoms with E-state index in [9.17, 15) is 4.79 Å². The second kappa shape index (κ2) is 4.77. The minimum absolute atomic E-state index is 0.691. The van der Waals surface area contributed by atoms with Gasteiger partial charge in [-0.3, -0.25) is 4.79 Å². The quantitative estimate of drug-likeness (QED) is 0.778. The molecule has 0 amide bonds. The van der Waals surface area contributed by atoms with Crippen LogP contribution in [0.3, 0.4) is 0 Å². The number of halogens is 1. The van der Waals surface area contributed by atoms with Crippen molar-refractivity contribution in [1.82, 2.24) is 0 Å². The van der Waals surface area contributed by atoms with Crippen molar-refractivity contribution in [3.63, 3.8) is 0 Å². The molecule has 0 aromatic carbocycles. The van der Waals surface area contributed by atoms with Crippen LogP contribution in [0.4, 0.5) is 0 Å². The lowest BCUT2D eigenvalue weighted by atomic mass is 10.3. The van der Waals surface area contributed by atoms with Crippen LogP contribution >= 0.6 is 27.3 Å². The summed E-state index contributed by atoms with van der Waals surface area (Å²) in [6, 6.07) is 0. The monoisotopic (exact) mass is 262 g/mol. The van der Waals surface area contributed by atoms with Gasteiger partial charge in [-0.25, -0.2) is 0 Å². The maximum absolute atomic E-state index is 10.6. The Hall–Kier alpha value is -0.350. The third kappa shape index (κ3) is 2.31. The zero-order chi connectivity index (χ0) is 9.84. The summed E-state index contributed by atoms with van der Waals surface area (Å²) in [7, 11) is 0. The highest BCUT2D eigenvalue weighted by Gasteiger charge is 2.12. The maximum atomic E-state index is 10.6. The molecule has 0 aliphatic heterocycles. The second-order valence-corrected chi connectivity index (χ2v) is 4.47. The molecule has 13 heavy (non-hydrogen) atoms. The van der Waals surface area contributed by atoms with Crippen molar-refractivity contribution >= 4 is 33.6 Å². The van der Waals surface area contributed by atoms with Crippen LogP contribution in [0.25, 0.3) is 0 Å². The lowest BCUT2D eigenvalue weighted by Crippen LogP contribution is -1.92. The van der Waals surface area contributed by atoms with Gasteiger partial charge in [0.05, 0.1) is 16.0 Å². The molecule has 0 aliphatic rings. The number of rotatable bonds is 4. The highest BCUT2D eigenvalue weighted by molar-refractivity contribution is 9.10. The van der Waals surface area contributed by atoms with Crippen LogP contribution in [0.5, 0.6) is 5.06 Å². The van der Waals surface area contributed by atoms with Crippen LogP contribution < -0.4 is 4.74 Å². The van der Waals surface area contributed by atoms with Gasteiger partial charge in [-0.2, -0.15) is 0 Å². The van der Waals surface area contributed by atoms with Crippen LogP contribution in [-0.4, -0.2) is 12.9 Å². The first-order valence-corrected chi connectivity index (χ1v) is 5.68. The standard InChI is InChI=1S/C9H11BrO2S/c1-3-4-12-9-8(10)6(2)7(5-11)13-9/h5H,3-4H2,1-2H3. The van der Waals surface area contributed by atoms with Crippen LogP contribution in [0.1, 0.15) is 28.6 Å². The highest BCUT2D eigenvalue weighted by atomic mass is 79.9. The van der Waals surface area contributed by atoms with Crippen LogP contribution in [0.2, 0.25) is 0 Å². The summed E-state index contributed by atoms with van der Waals surface area (Å²) in [5.74, 6) is 0. The molecule has 0 atom stereocenters. The first kappa shape index (κ1) is 10.7. The summed E-state index contributed by atoms with van der Waals surface area (Å²) < 4.78 is 6.37. The number of carbonyl (C=O) groups is 1. The molecule has 1 aromatic heterocycles. The van der Waals surface area contributed by atoms with Gasteiger partial charge < -0.3 is 4.74 Å². The Morgan fingerprint density at radius 1 is 1.62 bits per heavy atom. The largest absolute Gasteiger partial charge is 0.483 e. The fourth-order valence-corrected chi connectivity index (χ4v) is 2.47. The molecule has 0 bridgehead atoms. The van der Waals surface area contributed by atoms with E-state index in [1.54, 1.807) is 0 Å². The van der Waals surface area contributed by atoms with E-state index in [0.717, 1.165) is 32.7 Å². The van der Waals surface area contributed by atoms with Gasteiger partial charge in [-0.05, 0) is 34.8 Å². The molecule has 0 unspecified atom stereocenters. The van der Waals surface area contributed by atoms with Crippen molar-refractivity contribution in [3.8, 4) is 5.06 Å². The molecule has 1 heterocycles. The summed E-state index contributed by atoms with van der Waals surface area (Å²) in [5.41, 5.74) is 0.964. The first-order chi connectivity index (χ1) is 6.20. The average Bonchev–Trinajstić information content (AvgIpc) is 2.41. The zero-order valence-electron chi connectivity index (χ0n) is 7.59. The number of hydrogen-bond acceptors (Lipinski definition) is 3. The molecule has 0 spiro atoms. The normalized spacial score (nSPS) is 10.1. The molecule has 2 nitrogen and oxygen atoms in total. The Morgan fingerprint density at radius 2 is 2.31 bits per heavy atom. The maximum Gasteiger partial charge on any atom is 0.189 e. The van der Waals surface area contributed by atoms with Crippen molar-refractivity contribution in [3.05, 3.63) is 14.9 Å². The summed E-state index contributed by atoms with van der Waals surface area (Å²) in [5, 5.41) is 0.807. The van der Waals surface area contributed by atoms with E-state index in [-0.39, 0.29) is 0 Å². The Bertz CT molecular complexity index is 307. The van der Waals surface area contributed by atoms with Gasteiger partial charge in [0.1, 0.15) is 0 Å². The molecule has 0 aliphatic carbocycles. The molecule has 0 saturated carbocycles. The van der Waals surface area contributed by atoms with E-state index in [1.807, 2.05) is 6.92 Å². The van der Waals surface area contributed by atoms with Gasteiger partial charge in [0.2, 0.25) is 0 Å². The smallest absolute Gasteiger partial charge is 0.189 e. The van der Waals surface area contributed by atoms with E-state index in [4.69, 9.17) is 4.74 Å². The molecule has 0 saturated heterocycles. The molecule has 1 rings (SSSR count). The fraction of sp³-hybridized carbons (Fsp3) is 0.444. The lowest BCUT2D eigenvalue weighted by Gasteiger charge is -2.00. The topological polar surface area (TPSA) is 26.3 Å². The summed E-state index contributed by atoms with van der Waals surface area (Å²) in [6.45, 7) is 4.65. The number of carbonyl (C=O) groups excluding carboxylic acids is 1. The SMILES string of the molecule is CCCOc1sc(C=O)c(C)c1Br. The van der Waals surface area contributed by atoms with Crippen LogP contribution in [0, 0.1) is 6.92 Å². The number of ether oxygens (including phenoxy) is 1. The number of thiophene rings is 1. The lowest BCUT2D eigenvalue weighted by molar-refractivity contribution is 0.112. The second-order valence-electron chi connectivity index (χ2n) is 2.66. The molecule has 0 fully saturated rings. The Morgan fingerprint density at radius 3 is 2.77 bits per heavy atom. The fourth-order valence-electron chi connectivity index (χ4n) is 0.883. The van der Waals surface area contributed by atoms with E-state index in [0.29, 0.717) is 6.61 Å². The van der Waals surface area contributed by atoms with Crippen molar-refractivity contribution in [2.24, 2.45) is 0 Å². The molecule has 0 N–H and O–H groups in total. The summed E-state index contributed by atoms with van der Waals surface area (Å²) >= 11 is 4.79. The highest BCUT2D eigenvalue weighted by Crippen LogP contribution is 2.38. The van der Waals surface area contributed by atoms with Crippen molar-refractivity contribution in [2.75, 3.05) is 6.61 Å².